The van der Waals surface area contributed by atoms with Gasteiger partial charge in [0.25, 0.3) is 5.91 Å². The molecular formula is C16H19N3O. The molecule has 0 saturated heterocycles. The minimum absolute atomic E-state index is 0.0118. The normalized spacial score (nSPS) is 17.9. The van der Waals surface area contributed by atoms with E-state index < -0.39 is 0 Å². The van der Waals surface area contributed by atoms with E-state index in [0.29, 0.717) is 11.6 Å². The second kappa shape index (κ2) is 4.47. The Bertz CT molecular complexity index is 655. The molecule has 0 unspecified atom stereocenters. The van der Waals surface area contributed by atoms with Crippen molar-refractivity contribution in [2.45, 2.75) is 32.7 Å². The van der Waals surface area contributed by atoms with Gasteiger partial charge in [-0.25, -0.2) is 0 Å². The highest BCUT2D eigenvalue weighted by Crippen LogP contribution is 2.38. The van der Waals surface area contributed by atoms with Crippen LogP contribution >= 0.6 is 0 Å². The number of nitrogens with zero attached hydrogens (tertiary/aromatic N) is 2. The molecule has 2 heterocycles. The topological polar surface area (TPSA) is 49.0 Å². The fraction of sp³-hybridized carbons (Fsp3) is 0.375. The second-order valence-electron chi connectivity index (χ2n) is 5.75. The largest absolute Gasteiger partial charge is 0.329 e. The summed E-state index contributed by atoms with van der Waals surface area (Å²) in [5.41, 5.74) is 4.98. The first-order valence-corrected chi connectivity index (χ1v) is 6.92. The lowest BCUT2D eigenvalue weighted by molar-refractivity contribution is 0.0787. The molecule has 1 aromatic carbocycles. The molecule has 0 bridgehead atoms. The number of amides is 1. The van der Waals surface area contributed by atoms with Gasteiger partial charge in [-0.2, -0.15) is 5.10 Å². The van der Waals surface area contributed by atoms with Crippen molar-refractivity contribution in [2.75, 3.05) is 7.05 Å². The van der Waals surface area contributed by atoms with E-state index in [0.717, 1.165) is 16.8 Å². The molecule has 1 aliphatic rings. The number of nitrogens with one attached hydrogen (secondary N) is 1. The van der Waals surface area contributed by atoms with Crippen molar-refractivity contribution in [1.29, 1.82) is 0 Å². The van der Waals surface area contributed by atoms with Crippen LogP contribution in [0.25, 0.3) is 0 Å². The zero-order valence-corrected chi connectivity index (χ0v) is 12.3. The molecule has 1 atom stereocenters. The van der Waals surface area contributed by atoms with Crippen molar-refractivity contribution in [3.05, 3.63) is 52.3 Å². The van der Waals surface area contributed by atoms with Crippen LogP contribution in [0.15, 0.2) is 24.3 Å². The highest BCUT2D eigenvalue weighted by Gasteiger charge is 2.39. The van der Waals surface area contributed by atoms with E-state index >= 15 is 0 Å². The van der Waals surface area contributed by atoms with Crippen LogP contribution in [-0.2, 0) is 0 Å². The summed E-state index contributed by atoms with van der Waals surface area (Å²) in [5.74, 6) is 0.500. The van der Waals surface area contributed by atoms with Crippen LogP contribution in [0.2, 0.25) is 0 Å². The molecule has 20 heavy (non-hydrogen) atoms. The van der Waals surface area contributed by atoms with Gasteiger partial charge >= 0.3 is 0 Å². The summed E-state index contributed by atoms with van der Waals surface area (Å²) in [6.45, 7) is 6.32. The molecule has 4 nitrogen and oxygen atoms in total. The molecule has 3 rings (SSSR count). The smallest absolute Gasteiger partial charge is 0.275 e. The summed E-state index contributed by atoms with van der Waals surface area (Å²) < 4.78 is 0. The van der Waals surface area contributed by atoms with Crippen LogP contribution in [0.1, 0.15) is 58.7 Å². The van der Waals surface area contributed by atoms with Gasteiger partial charge < -0.3 is 4.90 Å². The monoisotopic (exact) mass is 269 g/mol. The predicted molar refractivity (Wildman–Crippen MR) is 77.8 cm³/mol. The third-order valence-electron chi connectivity index (χ3n) is 4.10. The van der Waals surface area contributed by atoms with Crippen molar-refractivity contribution in [2.24, 2.45) is 0 Å². The molecule has 0 fully saturated rings. The standard InChI is InChI=1S/C16H19N3O/c1-9(2)11-5-7-12(8-6-11)15-13-10(3)17-18-14(13)16(20)19(15)4/h5-9,15H,1-4H3,(H,17,18)/t15-/m1/s1. The zero-order valence-electron chi connectivity index (χ0n) is 12.3. The number of aryl methyl sites for hydroxylation is 1. The number of fused-ring (bicyclic) bond motifs is 1. The Morgan fingerprint density at radius 2 is 1.90 bits per heavy atom. The van der Waals surface area contributed by atoms with Crippen LogP contribution in [0, 0.1) is 6.92 Å². The van der Waals surface area contributed by atoms with Crippen molar-refractivity contribution >= 4 is 5.91 Å². The SMILES string of the molecule is Cc1[nH]nc2c1[C@@H](c1ccc(C(C)C)cc1)N(C)C2=O. The first-order chi connectivity index (χ1) is 9.50. The Morgan fingerprint density at radius 3 is 2.50 bits per heavy atom. The number of rotatable bonds is 2. The maximum absolute atomic E-state index is 12.2. The van der Waals surface area contributed by atoms with Gasteiger partial charge in [-0.3, -0.25) is 9.89 Å². The van der Waals surface area contributed by atoms with Crippen LogP contribution in [-0.4, -0.2) is 28.1 Å². The predicted octanol–water partition coefficient (Wildman–Crippen LogP) is 3.02. The third-order valence-corrected chi connectivity index (χ3v) is 4.10. The van der Waals surface area contributed by atoms with E-state index in [4.69, 9.17) is 0 Å². The third kappa shape index (κ3) is 1.75. The number of benzene rings is 1. The van der Waals surface area contributed by atoms with E-state index in [1.54, 1.807) is 4.90 Å². The van der Waals surface area contributed by atoms with Gasteiger partial charge in [0.15, 0.2) is 5.69 Å². The summed E-state index contributed by atoms with van der Waals surface area (Å²) in [7, 11) is 1.84. The molecule has 2 aromatic rings. The van der Waals surface area contributed by atoms with Crippen LogP contribution in [0.5, 0.6) is 0 Å². The maximum atomic E-state index is 12.2. The molecule has 0 spiro atoms. The molecule has 0 aliphatic carbocycles. The van der Waals surface area contributed by atoms with E-state index in [1.807, 2.05) is 14.0 Å². The summed E-state index contributed by atoms with van der Waals surface area (Å²) in [6.07, 6.45) is 0. The summed E-state index contributed by atoms with van der Waals surface area (Å²) in [4.78, 5) is 14.0. The second-order valence-corrected chi connectivity index (χ2v) is 5.75. The Balaban J connectivity index is 2.05. The Morgan fingerprint density at radius 1 is 1.25 bits per heavy atom. The number of H-pyrrole nitrogens is 1. The van der Waals surface area contributed by atoms with Crippen molar-refractivity contribution in [3.63, 3.8) is 0 Å². The van der Waals surface area contributed by atoms with E-state index in [9.17, 15) is 4.79 Å². The average Bonchev–Trinajstić information content (AvgIpc) is 2.91. The highest BCUT2D eigenvalue weighted by molar-refractivity contribution is 5.98. The number of carbonyl (C=O) groups is 1. The number of carbonyl (C=O) groups excluding carboxylic acids is 1. The van der Waals surface area contributed by atoms with Crippen LogP contribution in [0.3, 0.4) is 0 Å². The molecule has 1 N–H and O–H groups in total. The van der Waals surface area contributed by atoms with Gasteiger partial charge in [-0.15, -0.1) is 0 Å². The Hall–Kier alpha value is -2.10. The average molecular weight is 269 g/mol. The van der Waals surface area contributed by atoms with Gasteiger partial charge in [0, 0.05) is 18.3 Å². The minimum atomic E-state index is -0.0301. The van der Waals surface area contributed by atoms with E-state index in [1.165, 1.54) is 5.56 Å². The summed E-state index contributed by atoms with van der Waals surface area (Å²) in [5, 5.41) is 7.05. The molecule has 1 amide bonds. The number of hydrogen-bond acceptors (Lipinski definition) is 2. The fourth-order valence-corrected chi connectivity index (χ4v) is 2.87. The lowest BCUT2D eigenvalue weighted by Crippen LogP contribution is -2.24. The van der Waals surface area contributed by atoms with Crippen molar-refractivity contribution in [1.82, 2.24) is 15.1 Å². The van der Waals surface area contributed by atoms with Gasteiger partial charge in [0.2, 0.25) is 0 Å². The lowest BCUT2D eigenvalue weighted by atomic mass is 9.96. The first-order valence-electron chi connectivity index (χ1n) is 6.92. The molecule has 1 aliphatic heterocycles. The van der Waals surface area contributed by atoms with Gasteiger partial charge in [0.1, 0.15) is 0 Å². The molecule has 104 valence electrons. The maximum Gasteiger partial charge on any atom is 0.275 e. The van der Waals surface area contributed by atoms with Crippen molar-refractivity contribution < 1.29 is 4.79 Å². The molecule has 1 aromatic heterocycles. The number of hydrogen-bond donors (Lipinski definition) is 1. The Labute approximate surface area is 118 Å². The molecule has 4 heteroatoms. The molecular weight excluding hydrogens is 250 g/mol. The van der Waals surface area contributed by atoms with Crippen LogP contribution in [0.4, 0.5) is 0 Å². The zero-order chi connectivity index (χ0) is 14.4. The fourth-order valence-electron chi connectivity index (χ4n) is 2.87. The van der Waals surface area contributed by atoms with Gasteiger partial charge in [0.05, 0.1) is 6.04 Å². The minimum Gasteiger partial charge on any atom is -0.329 e. The highest BCUT2D eigenvalue weighted by atomic mass is 16.2. The van der Waals surface area contributed by atoms with Crippen molar-refractivity contribution in [3.8, 4) is 0 Å². The quantitative estimate of drug-likeness (QED) is 0.911. The van der Waals surface area contributed by atoms with E-state index in [2.05, 4.69) is 48.3 Å². The first kappa shape index (κ1) is 12.9. The molecule has 0 saturated carbocycles. The van der Waals surface area contributed by atoms with Crippen LogP contribution < -0.4 is 0 Å². The Kier molecular flexibility index (Phi) is 2.89. The van der Waals surface area contributed by atoms with E-state index in [-0.39, 0.29) is 11.9 Å². The number of aromatic nitrogens is 2. The van der Waals surface area contributed by atoms with Gasteiger partial charge in [-0.1, -0.05) is 38.1 Å². The summed E-state index contributed by atoms with van der Waals surface area (Å²) >= 11 is 0. The van der Waals surface area contributed by atoms with Gasteiger partial charge in [-0.05, 0) is 24.0 Å². The lowest BCUT2D eigenvalue weighted by Gasteiger charge is -2.22. The summed E-state index contributed by atoms with van der Waals surface area (Å²) in [6, 6.07) is 8.49. The number of aromatic amines is 1. The molecule has 0 radical (unpaired) electrons.